The molecule has 0 radical (unpaired) electrons. The van der Waals surface area contributed by atoms with Crippen molar-refractivity contribution in [2.75, 3.05) is 6.61 Å². The van der Waals surface area contributed by atoms with Gasteiger partial charge in [-0.1, -0.05) is 5.92 Å². The smallest absolute Gasteiger partial charge is 0.334 e. The van der Waals surface area contributed by atoms with Crippen LogP contribution in [0.1, 0.15) is 13.3 Å². The monoisotopic (exact) mass is 136 g/mol. The van der Waals surface area contributed by atoms with E-state index in [4.69, 9.17) is 11.2 Å². The van der Waals surface area contributed by atoms with Gasteiger partial charge in [-0.3, -0.25) is 0 Å². The Morgan fingerprint density at radius 1 is 1.70 bits per heavy atom. The number of carbonyl (C=O) groups excluding carboxylic acids is 1. The molecule has 1 aliphatic heterocycles. The molecule has 0 aromatic carbocycles. The largest absolute Gasteiger partial charge is 0.462 e. The van der Waals surface area contributed by atoms with E-state index in [0.29, 0.717) is 18.6 Å². The molecule has 0 saturated heterocycles. The molecule has 1 heterocycles. The molecule has 0 amide bonds. The summed E-state index contributed by atoms with van der Waals surface area (Å²) in [4.78, 5) is 10.8. The van der Waals surface area contributed by atoms with Crippen molar-refractivity contribution in [3.05, 3.63) is 11.1 Å². The first-order chi connectivity index (χ1) is 4.75. The van der Waals surface area contributed by atoms with E-state index >= 15 is 0 Å². The Bertz CT molecular complexity index is 230. The number of ether oxygens (including phenoxy) is 1. The van der Waals surface area contributed by atoms with Gasteiger partial charge in [0.1, 0.15) is 0 Å². The van der Waals surface area contributed by atoms with Crippen LogP contribution in [-0.2, 0) is 9.53 Å². The SMILES string of the molecule is C#CC1=C(C)C(=O)OCC1. The van der Waals surface area contributed by atoms with E-state index in [1.807, 2.05) is 0 Å². The highest BCUT2D eigenvalue weighted by Crippen LogP contribution is 2.14. The van der Waals surface area contributed by atoms with Crippen LogP contribution in [0, 0.1) is 12.3 Å². The fourth-order valence-electron chi connectivity index (χ4n) is 0.845. The first-order valence-corrected chi connectivity index (χ1v) is 3.09. The standard InChI is InChI=1S/C8H8O2/c1-3-7-4-5-10-8(9)6(7)2/h1H,4-5H2,2H3. The molecular formula is C8H8O2. The van der Waals surface area contributed by atoms with Gasteiger partial charge in [-0.15, -0.1) is 6.42 Å². The quantitative estimate of drug-likeness (QED) is 0.365. The highest BCUT2D eigenvalue weighted by Gasteiger charge is 2.15. The van der Waals surface area contributed by atoms with Gasteiger partial charge in [0.15, 0.2) is 0 Å². The van der Waals surface area contributed by atoms with E-state index in [9.17, 15) is 4.79 Å². The van der Waals surface area contributed by atoms with Gasteiger partial charge in [-0.2, -0.15) is 0 Å². The maximum atomic E-state index is 10.8. The van der Waals surface area contributed by atoms with Gasteiger partial charge in [0, 0.05) is 17.6 Å². The second kappa shape index (κ2) is 2.57. The van der Waals surface area contributed by atoms with Gasteiger partial charge in [-0.05, 0) is 6.92 Å². The topological polar surface area (TPSA) is 26.3 Å². The molecule has 0 fully saturated rings. The Morgan fingerprint density at radius 2 is 2.40 bits per heavy atom. The zero-order valence-corrected chi connectivity index (χ0v) is 5.81. The molecule has 0 N–H and O–H groups in total. The van der Waals surface area contributed by atoms with Crippen molar-refractivity contribution < 1.29 is 9.53 Å². The van der Waals surface area contributed by atoms with Gasteiger partial charge >= 0.3 is 5.97 Å². The zero-order chi connectivity index (χ0) is 7.56. The van der Waals surface area contributed by atoms with E-state index in [0.717, 1.165) is 5.57 Å². The Hall–Kier alpha value is -1.23. The predicted molar refractivity (Wildman–Crippen MR) is 37.1 cm³/mol. The molecule has 0 unspecified atom stereocenters. The molecule has 52 valence electrons. The molecule has 1 aliphatic rings. The fraction of sp³-hybridized carbons (Fsp3) is 0.375. The van der Waals surface area contributed by atoms with Gasteiger partial charge < -0.3 is 4.74 Å². The first-order valence-electron chi connectivity index (χ1n) is 3.09. The van der Waals surface area contributed by atoms with Crippen molar-refractivity contribution in [2.24, 2.45) is 0 Å². The van der Waals surface area contributed by atoms with Crippen molar-refractivity contribution in [2.45, 2.75) is 13.3 Å². The lowest BCUT2D eigenvalue weighted by molar-refractivity contribution is -0.139. The highest BCUT2D eigenvalue weighted by molar-refractivity contribution is 5.90. The van der Waals surface area contributed by atoms with Crippen LogP contribution in [-0.4, -0.2) is 12.6 Å². The Labute approximate surface area is 59.9 Å². The number of rotatable bonds is 0. The molecule has 0 aromatic rings. The summed E-state index contributed by atoms with van der Waals surface area (Å²) in [5.74, 6) is 2.18. The summed E-state index contributed by atoms with van der Waals surface area (Å²) in [6.07, 6.45) is 5.83. The summed E-state index contributed by atoms with van der Waals surface area (Å²) < 4.78 is 4.73. The lowest BCUT2D eigenvalue weighted by atomic mass is 10.1. The third-order valence-corrected chi connectivity index (χ3v) is 1.52. The predicted octanol–water partition coefficient (Wildman–Crippen LogP) is 0.883. The van der Waals surface area contributed by atoms with Crippen LogP contribution in [0.4, 0.5) is 0 Å². The molecule has 10 heavy (non-hydrogen) atoms. The van der Waals surface area contributed by atoms with E-state index in [-0.39, 0.29) is 5.97 Å². The van der Waals surface area contributed by atoms with Crippen LogP contribution in [0.2, 0.25) is 0 Å². The molecule has 1 rings (SSSR count). The lowest BCUT2D eigenvalue weighted by Gasteiger charge is -2.12. The summed E-state index contributed by atoms with van der Waals surface area (Å²) in [5, 5.41) is 0. The van der Waals surface area contributed by atoms with Crippen molar-refractivity contribution in [1.29, 1.82) is 0 Å². The minimum atomic E-state index is -0.279. The molecule has 0 spiro atoms. The Kier molecular flexibility index (Phi) is 1.77. The average Bonchev–Trinajstić information content (AvgIpc) is 1.95. The van der Waals surface area contributed by atoms with Crippen LogP contribution >= 0.6 is 0 Å². The number of hydrogen-bond acceptors (Lipinski definition) is 2. The van der Waals surface area contributed by atoms with Crippen LogP contribution in [0.3, 0.4) is 0 Å². The Morgan fingerprint density at radius 3 is 2.90 bits per heavy atom. The summed E-state index contributed by atoms with van der Waals surface area (Å²) in [7, 11) is 0. The van der Waals surface area contributed by atoms with Crippen molar-refractivity contribution >= 4 is 5.97 Å². The summed E-state index contributed by atoms with van der Waals surface area (Å²) in [6, 6.07) is 0. The minimum absolute atomic E-state index is 0.279. The number of terminal acetylenes is 1. The number of esters is 1. The highest BCUT2D eigenvalue weighted by atomic mass is 16.5. The minimum Gasteiger partial charge on any atom is -0.462 e. The molecule has 0 atom stereocenters. The molecular weight excluding hydrogens is 128 g/mol. The van der Waals surface area contributed by atoms with Crippen molar-refractivity contribution in [1.82, 2.24) is 0 Å². The second-order valence-electron chi connectivity index (χ2n) is 2.13. The van der Waals surface area contributed by atoms with Crippen LogP contribution < -0.4 is 0 Å². The van der Waals surface area contributed by atoms with Gasteiger partial charge in [0.05, 0.1) is 6.61 Å². The first kappa shape index (κ1) is 6.88. The number of hydrogen-bond donors (Lipinski definition) is 0. The number of carbonyl (C=O) groups is 1. The van der Waals surface area contributed by atoms with Gasteiger partial charge in [-0.25, -0.2) is 4.79 Å². The molecule has 0 saturated carbocycles. The van der Waals surface area contributed by atoms with E-state index in [1.54, 1.807) is 6.92 Å². The van der Waals surface area contributed by atoms with E-state index in [2.05, 4.69) is 5.92 Å². The van der Waals surface area contributed by atoms with Crippen LogP contribution in [0.15, 0.2) is 11.1 Å². The normalized spacial score (nSPS) is 18.2. The van der Waals surface area contributed by atoms with E-state index in [1.165, 1.54) is 0 Å². The maximum absolute atomic E-state index is 10.8. The molecule has 0 aromatic heterocycles. The zero-order valence-electron chi connectivity index (χ0n) is 5.81. The van der Waals surface area contributed by atoms with Crippen molar-refractivity contribution in [3.8, 4) is 12.3 Å². The summed E-state index contributed by atoms with van der Waals surface area (Å²) in [5.41, 5.74) is 1.35. The second-order valence-corrected chi connectivity index (χ2v) is 2.13. The lowest BCUT2D eigenvalue weighted by Crippen LogP contribution is -2.15. The average molecular weight is 136 g/mol. The third kappa shape index (κ3) is 1.03. The number of cyclic esters (lactones) is 1. The maximum Gasteiger partial charge on any atom is 0.334 e. The van der Waals surface area contributed by atoms with Gasteiger partial charge in [0.2, 0.25) is 0 Å². The molecule has 0 aliphatic carbocycles. The Balaban J connectivity index is 2.96. The molecule has 0 bridgehead atoms. The molecule has 2 heteroatoms. The van der Waals surface area contributed by atoms with Crippen LogP contribution in [0.25, 0.3) is 0 Å². The van der Waals surface area contributed by atoms with Gasteiger partial charge in [0.25, 0.3) is 0 Å². The fourth-order valence-corrected chi connectivity index (χ4v) is 0.845. The molecule has 2 nitrogen and oxygen atoms in total. The van der Waals surface area contributed by atoms with Crippen molar-refractivity contribution in [3.63, 3.8) is 0 Å². The third-order valence-electron chi connectivity index (χ3n) is 1.52. The summed E-state index contributed by atoms with van der Waals surface area (Å²) >= 11 is 0. The summed E-state index contributed by atoms with van der Waals surface area (Å²) in [6.45, 7) is 2.12. The van der Waals surface area contributed by atoms with E-state index < -0.39 is 0 Å². The van der Waals surface area contributed by atoms with Crippen LogP contribution in [0.5, 0.6) is 0 Å².